The predicted octanol–water partition coefficient (Wildman–Crippen LogP) is 2.57. The number of aliphatic hydroxyl groups is 1. The number of hydrogen-bond acceptors (Lipinski definition) is 4. The summed E-state index contributed by atoms with van der Waals surface area (Å²) in [5.74, 6) is 0.788. The number of β-amino-alcohol motifs (C(OH)–C–C–N with tert-alkyl or cyclic N) is 1. The Morgan fingerprint density at radius 1 is 1.48 bits per heavy atom. The molecular formula is C18H28N2O3. The maximum atomic E-state index is 12.2. The molecule has 2 N–H and O–H groups in total. The first kappa shape index (κ1) is 17.8. The van der Waals surface area contributed by atoms with Crippen molar-refractivity contribution in [3.63, 3.8) is 0 Å². The van der Waals surface area contributed by atoms with Crippen molar-refractivity contribution >= 4 is 11.6 Å². The van der Waals surface area contributed by atoms with Gasteiger partial charge in [-0.05, 0) is 56.5 Å². The largest absolute Gasteiger partial charge is 0.497 e. The summed E-state index contributed by atoms with van der Waals surface area (Å²) in [4.78, 5) is 14.3. The first-order valence-corrected chi connectivity index (χ1v) is 8.35. The quantitative estimate of drug-likeness (QED) is 0.846. The van der Waals surface area contributed by atoms with Crippen LogP contribution in [0, 0.1) is 6.92 Å². The second-order valence-corrected chi connectivity index (χ2v) is 6.44. The molecule has 1 aliphatic rings. The lowest BCUT2D eigenvalue weighted by Crippen LogP contribution is -2.48. The molecule has 0 spiro atoms. The lowest BCUT2D eigenvalue weighted by molar-refractivity contribution is -0.117. The highest BCUT2D eigenvalue weighted by molar-refractivity contribution is 5.91. The number of hydrogen-bond donors (Lipinski definition) is 2. The number of rotatable bonds is 6. The fourth-order valence-corrected chi connectivity index (χ4v) is 3.06. The van der Waals surface area contributed by atoms with Gasteiger partial charge in [0.2, 0.25) is 5.91 Å². The van der Waals surface area contributed by atoms with Crippen LogP contribution in [0.25, 0.3) is 0 Å². The van der Waals surface area contributed by atoms with E-state index in [0.717, 1.165) is 42.8 Å². The molecular weight excluding hydrogens is 292 g/mol. The third-order valence-corrected chi connectivity index (χ3v) is 4.66. The van der Waals surface area contributed by atoms with Gasteiger partial charge in [0.15, 0.2) is 0 Å². The van der Waals surface area contributed by atoms with E-state index in [4.69, 9.17) is 4.74 Å². The van der Waals surface area contributed by atoms with Gasteiger partial charge in [-0.3, -0.25) is 9.69 Å². The van der Waals surface area contributed by atoms with Crippen molar-refractivity contribution in [3.05, 3.63) is 23.8 Å². The first-order chi connectivity index (χ1) is 11.0. The molecule has 0 bridgehead atoms. The molecule has 2 rings (SSSR count). The van der Waals surface area contributed by atoms with Crippen molar-refractivity contribution in [3.8, 4) is 5.75 Å². The number of carbonyl (C=O) groups is 1. The zero-order chi connectivity index (χ0) is 16.9. The molecule has 1 aromatic carbocycles. The molecule has 1 amide bonds. The van der Waals surface area contributed by atoms with E-state index in [9.17, 15) is 9.90 Å². The number of methoxy groups -OCH3 is 1. The summed E-state index contributed by atoms with van der Waals surface area (Å²) < 4.78 is 5.17. The third kappa shape index (κ3) is 4.94. The van der Waals surface area contributed by atoms with Crippen LogP contribution >= 0.6 is 0 Å². The van der Waals surface area contributed by atoms with E-state index in [1.807, 2.05) is 32.0 Å². The second kappa shape index (κ2) is 7.79. The number of nitrogens with zero attached hydrogens (tertiary/aromatic N) is 1. The van der Waals surface area contributed by atoms with Gasteiger partial charge >= 0.3 is 0 Å². The molecule has 1 heterocycles. The molecule has 0 saturated carbocycles. The Hall–Kier alpha value is -1.59. The van der Waals surface area contributed by atoms with Crippen molar-refractivity contribution in [2.45, 2.75) is 45.1 Å². The van der Waals surface area contributed by atoms with Gasteiger partial charge in [0.25, 0.3) is 0 Å². The molecule has 0 radical (unpaired) electrons. The minimum atomic E-state index is -0.582. The normalized spacial score (nSPS) is 21.9. The average molecular weight is 320 g/mol. The van der Waals surface area contributed by atoms with Gasteiger partial charge in [-0.25, -0.2) is 0 Å². The molecule has 128 valence electrons. The average Bonchev–Trinajstić information content (AvgIpc) is 2.55. The number of aryl methyl sites for hydroxylation is 1. The highest BCUT2D eigenvalue weighted by Crippen LogP contribution is 2.24. The number of likely N-dealkylation sites (tertiary alicyclic amines) is 1. The number of amides is 1. The Bertz CT molecular complexity index is 547. The molecule has 1 atom stereocenters. The molecule has 23 heavy (non-hydrogen) atoms. The van der Waals surface area contributed by atoms with E-state index in [1.165, 1.54) is 0 Å². The fourth-order valence-electron chi connectivity index (χ4n) is 3.06. The summed E-state index contributed by atoms with van der Waals surface area (Å²) in [6.45, 7) is 6.27. The predicted molar refractivity (Wildman–Crippen MR) is 91.9 cm³/mol. The summed E-state index contributed by atoms with van der Waals surface area (Å²) in [5, 5.41) is 13.3. The Morgan fingerprint density at radius 3 is 2.91 bits per heavy atom. The Balaban J connectivity index is 1.83. The van der Waals surface area contributed by atoms with E-state index in [1.54, 1.807) is 7.11 Å². The van der Waals surface area contributed by atoms with Gasteiger partial charge in [0.05, 0.1) is 12.7 Å². The number of carbonyl (C=O) groups excluding carboxylic acids is 1. The van der Waals surface area contributed by atoms with Crippen LogP contribution in [-0.2, 0) is 4.79 Å². The van der Waals surface area contributed by atoms with Crippen molar-refractivity contribution in [2.24, 2.45) is 0 Å². The Labute approximate surface area is 138 Å². The van der Waals surface area contributed by atoms with Crippen molar-refractivity contribution < 1.29 is 14.6 Å². The number of nitrogens with one attached hydrogen (secondary N) is 1. The first-order valence-electron chi connectivity index (χ1n) is 8.35. The number of benzene rings is 1. The third-order valence-electron chi connectivity index (χ3n) is 4.66. The minimum Gasteiger partial charge on any atom is -0.497 e. The topological polar surface area (TPSA) is 61.8 Å². The molecule has 1 saturated heterocycles. The van der Waals surface area contributed by atoms with Gasteiger partial charge in [0, 0.05) is 25.2 Å². The van der Waals surface area contributed by atoms with Crippen LogP contribution in [-0.4, -0.2) is 48.3 Å². The number of ether oxygens (including phenoxy) is 1. The van der Waals surface area contributed by atoms with Gasteiger partial charge in [-0.15, -0.1) is 0 Å². The Kier molecular flexibility index (Phi) is 6.02. The second-order valence-electron chi connectivity index (χ2n) is 6.44. The fraction of sp³-hybridized carbons (Fsp3) is 0.611. The lowest BCUT2D eigenvalue weighted by Gasteiger charge is -2.38. The smallest absolute Gasteiger partial charge is 0.225 e. The van der Waals surface area contributed by atoms with E-state index >= 15 is 0 Å². The summed E-state index contributed by atoms with van der Waals surface area (Å²) in [6, 6.07) is 5.61. The highest BCUT2D eigenvalue weighted by Gasteiger charge is 2.31. The SMILES string of the molecule is CC[C@@]1(O)CCCN(CCC(=O)Nc2ccc(OC)cc2C)C1. The summed E-state index contributed by atoms with van der Waals surface area (Å²) in [5.41, 5.74) is 1.22. The van der Waals surface area contributed by atoms with Crippen LogP contribution in [0.5, 0.6) is 5.75 Å². The maximum Gasteiger partial charge on any atom is 0.225 e. The van der Waals surface area contributed by atoms with Gasteiger partial charge in [-0.2, -0.15) is 0 Å². The monoisotopic (exact) mass is 320 g/mol. The van der Waals surface area contributed by atoms with Crippen LogP contribution in [0.15, 0.2) is 18.2 Å². The molecule has 1 aromatic rings. The summed E-state index contributed by atoms with van der Waals surface area (Å²) in [6.07, 6.45) is 3.05. The van der Waals surface area contributed by atoms with Gasteiger partial charge in [-0.1, -0.05) is 6.92 Å². The van der Waals surface area contributed by atoms with Crippen LogP contribution in [0.4, 0.5) is 5.69 Å². The molecule has 0 aliphatic carbocycles. The van der Waals surface area contributed by atoms with E-state index in [-0.39, 0.29) is 5.91 Å². The molecule has 5 nitrogen and oxygen atoms in total. The number of anilines is 1. The molecule has 0 aromatic heterocycles. The highest BCUT2D eigenvalue weighted by atomic mass is 16.5. The molecule has 0 unspecified atom stereocenters. The molecule has 5 heteroatoms. The van der Waals surface area contributed by atoms with E-state index < -0.39 is 5.60 Å². The minimum absolute atomic E-state index is 0.00359. The zero-order valence-corrected chi connectivity index (χ0v) is 14.4. The maximum absolute atomic E-state index is 12.2. The Morgan fingerprint density at radius 2 is 2.26 bits per heavy atom. The van der Waals surface area contributed by atoms with Crippen molar-refractivity contribution in [2.75, 3.05) is 32.1 Å². The van der Waals surface area contributed by atoms with Crippen LogP contribution in [0.1, 0.15) is 38.2 Å². The van der Waals surface area contributed by atoms with Crippen molar-refractivity contribution in [1.82, 2.24) is 4.90 Å². The summed E-state index contributed by atoms with van der Waals surface area (Å²) >= 11 is 0. The van der Waals surface area contributed by atoms with Crippen molar-refractivity contribution in [1.29, 1.82) is 0 Å². The molecule has 1 fully saturated rings. The zero-order valence-electron chi connectivity index (χ0n) is 14.4. The molecule has 1 aliphatic heterocycles. The standard InChI is InChI=1S/C18H28N2O3/c1-4-18(22)9-5-10-20(13-18)11-8-17(21)19-16-7-6-15(23-3)12-14(16)2/h6-7,12,22H,4-5,8-11,13H2,1-3H3,(H,19,21)/t18-/m1/s1. The van der Waals surface area contributed by atoms with Crippen LogP contribution < -0.4 is 10.1 Å². The van der Waals surface area contributed by atoms with Gasteiger partial charge < -0.3 is 15.2 Å². The van der Waals surface area contributed by atoms with Crippen LogP contribution in [0.3, 0.4) is 0 Å². The van der Waals surface area contributed by atoms with E-state index in [2.05, 4.69) is 10.2 Å². The van der Waals surface area contributed by atoms with E-state index in [0.29, 0.717) is 19.5 Å². The summed E-state index contributed by atoms with van der Waals surface area (Å²) in [7, 11) is 1.63. The lowest BCUT2D eigenvalue weighted by atomic mass is 9.90. The van der Waals surface area contributed by atoms with Crippen LogP contribution in [0.2, 0.25) is 0 Å². The number of piperidine rings is 1. The van der Waals surface area contributed by atoms with Gasteiger partial charge in [0.1, 0.15) is 5.75 Å².